The molecule has 0 aromatic heterocycles. The Balaban J connectivity index is 1.58. The third kappa shape index (κ3) is 5.88. The number of likely N-dealkylation sites (tertiary alicyclic amines) is 2. The van der Waals surface area contributed by atoms with Crippen LogP contribution in [-0.4, -0.2) is 47.0 Å². The fourth-order valence-electron chi connectivity index (χ4n) is 4.37. The molecule has 5 heteroatoms. The second kappa shape index (κ2) is 10.9. The largest absolute Gasteiger partial charge is 0.343 e. The summed E-state index contributed by atoms with van der Waals surface area (Å²) in [6.45, 7) is 6.33. The molecule has 2 amide bonds. The van der Waals surface area contributed by atoms with Crippen molar-refractivity contribution < 1.29 is 9.59 Å². The van der Waals surface area contributed by atoms with Crippen molar-refractivity contribution in [3.63, 3.8) is 0 Å². The van der Waals surface area contributed by atoms with Gasteiger partial charge in [-0.05, 0) is 55.4 Å². The first-order valence-electron chi connectivity index (χ1n) is 11.0. The minimum Gasteiger partial charge on any atom is -0.343 e. The Morgan fingerprint density at radius 2 is 1.79 bits per heavy atom. The molecule has 1 aromatic rings. The van der Waals surface area contributed by atoms with Crippen LogP contribution in [0.1, 0.15) is 64.0 Å². The molecule has 0 N–H and O–H groups in total. The molecule has 2 heterocycles. The van der Waals surface area contributed by atoms with Crippen molar-refractivity contribution in [2.24, 2.45) is 5.92 Å². The van der Waals surface area contributed by atoms with Gasteiger partial charge in [0.05, 0.1) is 6.04 Å². The highest BCUT2D eigenvalue weighted by molar-refractivity contribution is 8.02. The second-order valence-electron chi connectivity index (χ2n) is 8.20. The number of rotatable bonds is 6. The van der Waals surface area contributed by atoms with E-state index >= 15 is 0 Å². The van der Waals surface area contributed by atoms with E-state index in [1.807, 2.05) is 11.0 Å². The Kier molecular flexibility index (Phi) is 8.22. The van der Waals surface area contributed by atoms with Crippen LogP contribution in [0.2, 0.25) is 0 Å². The Morgan fingerprint density at radius 1 is 1.07 bits per heavy atom. The summed E-state index contributed by atoms with van der Waals surface area (Å²) in [7, 11) is 0. The zero-order valence-corrected chi connectivity index (χ0v) is 18.6. The summed E-state index contributed by atoms with van der Waals surface area (Å²) in [5.74, 6) is 2.06. The number of benzene rings is 1. The molecule has 0 bridgehead atoms. The number of hydrogen-bond acceptors (Lipinski definition) is 3. The summed E-state index contributed by atoms with van der Waals surface area (Å²) in [6, 6.07) is 10.7. The van der Waals surface area contributed by atoms with Gasteiger partial charge in [-0.3, -0.25) is 9.59 Å². The van der Waals surface area contributed by atoms with Gasteiger partial charge in [0.1, 0.15) is 0 Å². The molecule has 0 spiro atoms. The van der Waals surface area contributed by atoms with Crippen molar-refractivity contribution in [1.29, 1.82) is 0 Å². The molecule has 2 fully saturated rings. The first-order chi connectivity index (χ1) is 14.1. The molecule has 0 radical (unpaired) electrons. The van der Waals surface area contributed by atoms with Crippen molar-refractivity contribution in [3.05, 3.63) is 46.9 Å². The standard InChI is InChI=1S/C24H34N2O2S/c1-3-21(18-29-17-20-12-15-25(16-13-20)19(2)27)24(28)26-14-8-7-11-23(26)22-9-5-4-6-10-22/h4-6,9-10,18,20,23H,3,7-8,11-17H2,1-2H3/b21-18+. The Bertz CT molecular complexity index is 711. The molecular formula is C24H34N2O2S. The van der Waals surface area contributed by atoms with Crippen molar-refractivity contribution >= 4 is 23.6 Å². The van der Waals surface area contributed by atoms with Crippen molar-refractivity contribution in [2.75, 3.05) is 25.4 Å². The van der Waals surface area contributed by atoms with Gasteiger partial charge in [0, 0.05) is 37.9 Å². The summed E-state index contributed by atoms with van der Waals surface area (Å²) < 4.78 is 0. The normalized spacial score (nSPS) is 21.3. The molecule has 1 aromatic carbocycles. The molecule has 2 aliphatic heterocycles. The summed E-state index contributed by atoms with van der Waals surface area (Å²) in [6.07, 6.45) is 6.23. The molecule has 1 atom stereocenters. The van der Waals surface area contributed by atoms with E-state index in [4.69, 9.17) is 0 Å². The lowest BCUT2D eigenvalue weighted by Gasteiger charge is -2.36. The van der Waals surface area contributed by atoms with Crippen LogP contribution in [0, 0.1) is 5.92 Å². The predicted molar refractivity (Wildman–Crippen MR) is 121 cm³/mol. The van der Waals surface area contributed by atoms with Crippen LogP contribution >= 0.6 is 11.8 Å². The van der Waals surface area contributed by atoms with Gasteiger partial charge in [-0.1, -0.05) is 37.3 Å². The number of carbonyl (C=O) groups is 2. The van der Waals surface area contributed by atoms with Crippen molar-refractivity contribution in [2.45, 2.75) is 58.4 Å². The summed E-state index contributed by atoms with van der Waals surface area (Å²) in [5, 5.41) is 2.11. The topological polar surface area (TPSA) is 40.6 Å². The zero-order valence-electron chi connectivity index (χ0n) is 17.8. The van der Waals surface area contributed by atoms with Crippen molar-refractivity contribution in [1.82, 2.24) is 9.80 Å². The Labute approximate surface area is 179 Å². The van der Waals surface area contributed by atoms with Crippen LogP contribution in [0.25, 0.3) is 0 Å². The second-order valence-corrected chi connectivity index (χ2v) is 9.10. The van der Waals surface area contributed by atoms with E-state index in [9.17, 15) is 9.59 Å². The monoisotopic (exact) mass is 414 g/mol. The van der Waals surface area contributed by atoms with Gasteiger partial charge >= 0.3 is 0 Å². The third-order valence-electron chi connectivity index (χ3n) is 6.22. The van der Waals surface area contributed by atoms with E-state index in [0.717, 1.165) is 63.1 Å². The van der Waals surface area contributed by atoms with Gasteiger partial charge < -0.3 is 9.80 Å². The van der Waals surface area contributed by atoms with E-state index in [1.165, 1.54) is 12.0 Å². The number of thioether (sulfide) groups is 1. The van der Waals surface area contributed by atoms with Crippen LogP contribution in [0.3, 0.4) is 0 Å². The van der Waals surface area contributed by atoms with E-state index in [1.54, 1.807) is 18.7 Å². The summed E-state index contributed by atoms with van der Waals surface area (Å²) >= 11 is 1.78. The summed E-state index contributed by atoms with van der Waals surface area (Å²) in [5.41, 5.74) is 2.18. The van der Waals surface area contributed by atoms with Crippen molar-refractivity contribution in [3.8, 4) is 0 Å². The molecule has 29 heavy (non-hydrogen) atoms. The van der Waals surface area contributed by atoms with E-state index < -0.39 is 0 Å². The zero-order chi connectivity index (χ0) is 20.6. The number of hydrogen-bond donors (Lipinski definition) is 0. The minimum atomic E-state index is 0.185. The lowest BCUT2D eigenvalue weighted by atomic mass is 9.94. The van der Waals surface area contributed by atoms with Crippen LogP contribution in [0.15, 0.2) is 41.3 Å². The van der Waals surface area contributed by atoms with Crippen LogP contribution in [0.4, 0.5) is 0 Å². The van der Waals surface area contributed by atoms with Crippen LogP contribution < -0.4 is 0 Å². The van der Waals surface area contributed by atoms with E-state index in [0.29, 0.717) is 5.92 Å². The highest BCUT2D eigenvalue weighted by Gasteiger charge is 2.29. The molecule has 158 valence electrons. The maximum atomic E-state index is 13.3. The first kappa shape index (κ1) is 21.9. The Hall–Kier alpha value is -1.75. The quantitative estimate of drug-likeness (QED) is 0.613. The SMILES string of the molecule is CC/C(=C\SCC1CCN(C(C)=O)CC1)C(=O)N1CCCCC1c1ccccc1. The Morgan fingerprint density at radius 3 is 2.45 bits per heavy atom. The van der Waals surface area contributed by atoms with Gasteiger partial charge in [-0.25, -0.2) is 0 Å². The fourth-order valence-corrected chi connectivity index (χ4v) is 5.54. The number of carbonyl (C=O) groups excluding carboxylic acids is 2. The molecule has 0 aliphatic carbocycles. The smallest absolute Gasteiger partial charge is 0.250 e. The molecule has 4 nitrogen and oxygen atoms in total. The average Bonchev–Trinajstić information content (AvgIpc) is 2.77. The highest BCUT2D eigenvalue weighted by Crippen LogP contribution is 2.33. The van der Waals surface area contributed by atoms with E-state index in [2.05, 4.69) is 41.5 Å². The lowest BCUT2D eigenvalue weighted by Crippen LogP contribution is -2.39. The lowest BCUT2D eigenvalue weighted by molar-refractivity contribution is -0.131. The van der Waals surface area contributed by atoms with Gasteiger partial charge in [0.2, 0.25) is 5.91 Å². The number of piperidine rings is 2. The average molecular weight is 415 g/mol. The minimum absolute atomic E-state index is 0.185. The number of nitrogens with zero attached hydrogens (tertiary/aromatic N) is 2. The molecule has 3 rings (SSSR count). The number of amides is 2. The maximum Gasteiger partial charge on any atom is 0.250 e. The molecule has 2 saturated heterocycles. The highest BCUT2D eigenvalue weighted by atomic mass is 32.2. The van der Waals surface area contributed by atoms with E-state index in [-0.39, 0.29) is 17.9 Å². The van der Waals surface area contributed by atoms with Gasteiger partial charge in [-0.15, -0.1) is 11.8 Å². The third-order valence-corrected chi connectivity index (χ3v) is 7.34. The maximum absolute atomic E-state index is 13.3. The summed E-state index contributed by atoms with van der Waals surface area (Å²) in [4.78, 5) is 28.8. The molecule has 1 unspecified atom stereocenters. The van der Waals surface area contributed by atoms with Crippen LogP contribution in [-0.2, 0) is 9.59 Å². The van der Waals surface area contributed by atoms with Gasteiger partial charge in [0.25, 0.3) is 5.91 Å². The first-order valence-corrected chi connectivity index (χ1v) is 12.1. The molecular weight excluding hydrogens is 380 g/mol. The molecule has 2 aliphatic rings. The fraction of sp³-hybridized carbons (Fsp3) is 0.583. The van der Waals surface area contributed by atoms with Gasteiger partial charge in [-0.2, -0.15) is 0 Å². The van der Waals surface area contributed by atoms with Crippen LogP contribution in [0.5, 0.6) is 0 Å². The van der Waals surface area contributed by atoms with Gasteiger partial charge in [0.15, 0.2) is 0 Å². The predicted octanol–water partition coefficient (Wildman–Crippen LogP) is 5.03. The molecule has 0 saturated carbocycles.